The zero-order valence-corrected chi connectivity index (χ0v) is 12.4. The fourth-order valence-electron chi connectivity index (χ4n) is 3.74. The molecule has 0 bridgehead atoms. The lowest BCUT2D eigenvalue weighted by Gasteiger charge is -2.30. The van der Waals surface area contributed by atoms with Gasteiger partial charge in [-0.25, -0.2) is 0 Å². The molecule has 1 aliphatic heterocycles. The number of ether oxygens (including phenoxy) is 1. The van der Waals surface area contributed by atoms with Crippen LogP contribution in [0.5, 0.6) is 5.75 Å². The van der Waals surface area contributed by atoms with Gasteiger partial charge in [-0.15, -0.1) is 0 Å². The van der Waals surface area contributed by atoms with Gasteiger partial charge in [0.1, 0.15) is 11.4 Å². The third-order valence-electron chi connectivity index (χ3n) is 4.85. The first kappa shape index (κ1) is 12.9. The van der Waals surface area contributed by atoms with E-state index >= 15 is 0 Å². The van der Waals surface area contributed by atoms with Crippen LogP contribution in [0.25, 0.3) is 0 Å². The SMILES string of the molecule is Cc1ccc2c(c1)C(O)(c1cccc3c1OCCC3)CC2. The van der Waals surface area contributed by atoms with Gasteiger partial charge in [-0.05, 0) is 49.3 Å². The second kappa shape index (κ2) is 4.60. The van der Waals surface area contributed by atoms with Gasteiger partial charge in [0.05, 0.1) is 6.61 Å². The van der Waals surface area contributed by atoms with Crippen molar-refractivity contribution in [3.8, 4) is 5.75 Å². The molecule has 0 saturated carbocycles. The first-order valence-electron chi connectivity index (χ1n) is 7.76. The average Bonchev–Trinajstić information content (AvgIpc) is 2.85. The van der Waals surface area contributed by atoms with E-state index < -0.39 is 5.60 Å². The smallest absolute Gasteiger partial charge is 0.128 e. The van der Waals surface area contributed by atoms with E-state index in [2.05, 4.69) is 37.3 Å². The molecule has 4 rings (SSSR count). The minimum Gasteiger partial charge on any atom is -0.493 e. The molecule has 0 saturated heterocycles. The van der Waals surface area contributed by atoms with Gasteiger partial charge in [0.25, 0.3) is 0 Å². The monoisotopic (exact) mass is 280 g/mol. The number of rotatable bonds is 1. The molecule has 0 amide bonds. The summed E-state index contributed by atoms with van der Waals surface area (Å²) in [4.78, 5) is 0. The Bertz CT molecular complexity index is 705. The topological polar surface area (TPSA) is 29.5 Å². The van der Waals surface area contributed by atoms with Crippen molar-refractivity contribution in [1.82, 2.24) is 0 Å². The Morgan fingerprint density at radius 3 is 2.86 bits per heavy atom. The number of aliphatic hydroxyl groups is 1. The first-order chi connectivity index (χ1) is 10.2. The molecule has 2 aromatic rings. The Labute approximate surface area is 125 Å². The van der Waals surface area contributed by atoms with E-state index in [-0.39, 0.29) is 0 Å². The van der Waals surface area contributed by atoms with Gasteiger partial charge in [0.2, 0.25) is 0 Å². The van der Waals surface area contributed by atoms with Gasteiger partial charge in [-0.3, -0.25) is 0 Å². The number of hydrogen-bond acceptors (Lipinski definition) is 2. The molecular formula is C19H20O2. The second-order valence-electron chi connectivity index (χ2n) is 6.27. The minimum atomic E-state index is -0.899. The van der Waals surface area contributed by atoms with Gasteiger partial charge in [-0.2, -0.15) is 0 Å². The summed E-state index contributed by atoms with van der Waals surface area (Å²) in [7, 11) is 0. The number of benzene rings is 2. The van der Waals surface area contributed by atoms with Crippen molar-refractivity contribution in [2.45, 2.75) is 38.2 Å². The average molecular weight is 280 g/mol. The van der Waals surface area contributed by atoms with Crippen molar-refractivity contribution in [1.29, 1.82) is 0 Å². The molecule has 1 N–H and O–H groups in total. The normalized spacial score (nSPS) is 23.3. The molecule has 0 spiro atoms. The molecule has 2 heteroatoms. The summed E-state index contributed by atoms with van der Waals surface area (Å²) >= 11 is 0. The Morgan fingerprint density at radius 1 is 1.05 bits per heavy atom. The number of aryl methyl sites for hydroxylation is 3. The highest BCUT2D eigenvalue weighted by molar-refractivity contribution is 5.54. The summed E-state index contributed by atoms with van der Waals surface area (Å²) in [6.07, 6.45) is 3.77. The Balaban J connectivity index is 1.90. The molecule has 2 aromatic carbocycles. The van der Waals surface area contributed by atoms with E-state index in [4.69, 9.17) is 4.74 Å². The maximum absolute atomic E-state index is 11.4. The number of fused-ring (bicyclic) bond motifs is 2. The predicted molar refractivity (Wildman–Crippen MR) is 82.8 cm³/mol. The fourth-order valence-corrected chi connectivity index (χ4v) is 3.74. The highest BCUT2D eigenvalue weighted by atomic mass is 16.5. The van der Waals surface area contributed by atoms with Crippen LogP contribution in [-0.4, -0.2) is 11.7 Å². The summed E-state index contributed by atoms with van der Waals surface area (Å²) in [5, 5.41) is 11.4. The maximum Gasteiger partial charge on any atom is 0.128 e. The van der Waals surface area contributed by atoms with Crippen molar-refractivity contribution in [2.75, 3.05) is 6.61 Å². The highest BCUT2D eigenvalue weighted by Crippen LogP contribution is 2.47. The minimum absolute atomic E-state index is 0.742. The highest BCUT2D eigenvalue weighted by Gasteiger charge is 2.41. The zero-order chi connectivity index (χ0) is 14.4. The Hall–Kier alpha value is -1.80. The van der Waals surface area contributed by atoms with Crippen LogP contribution in [0.1, 0.15) is 40.7 Å². The summed E-state index contributed by atoms with van der Waals surface area (Å²) in [6, 6.07) is 12.6. The summed E-state index contributed by atoms with van der Waals surface area (Å²) in [5.74, 6) is 0.917. The summed E-state index contributed by atoms with van der Waals surface area (Å²) in [6.45, 7) is 2.83. The molecule has 0 aromatic heterocycles. The van der Waals surface area contributed by atoms with Crippen LogP contribution in [0.4, 0.5) is 0 Å². The fraction of sp³-hybridized carbons (Fsp3) is 0.368. The van der Waals surface area contributed by atoms with Gasteiger partial charge >= 0.3 is 0 Å². The molecule has 21 heavy (non-hydrogen) atoms. The van der Waals surface area contributed by atoms with Gasteiger partial charge in [0.15, 0.2) is 0 Å². The maximum atomic E-state index is 11.4. The molecule has 1 unspecified atom stereocenters. The molecule has 2 aliphatic rings. The second-order valence-corrected chi connectivity index (χ2v) is 6.27. The molecule has 108 valence electrons. The molecule has 0 fully saturated rings. The lowest BCUT2D eigenvalue weighted by Crippen LogP contribution is -2.26. The number of para-hydroxylation sites is 1. The van der Waals surface area contributed by atoms with Crippen molar-refractivity contribution in [2.24, 2.45) is 0 Å². The predicted octanol–water partition coefficient (Wildman–Crippen LogP) is 3.50. The molecule has 1 atom stereocenters. The lowest BCUT2D eigenvalue weighted by atomic mass is 9.84. The van der Waals surface area contributed by atoms with Crippen LogP contribution in [0.3, 0.4) is 0 Å². The lowest BCUT2D eigenvalue weighted by molar-refractivity contribution is 0.0781. The van der Waals surface area contributed by atoms with Gasteiger partial charge in [-0.1, -0.05) is 42.0 Å². The number of hydrogen-bond donors (Lipinski definition) is 1. The van der Waals surface area contributed by atoms with E-state index in [1.165, 1.54) is 16.7 Å². The van der Waals surface area contributed by atoms with Crippen molar-refractivity contribution < 1.29 is 9.84 Å². The quantitative estimate of drug-likeness (QED) is 0.866. The van der Waals surface area contributed by atoms with Crippen molar-refractivity contribution >= 4 is 0 Å². The standard InChI is InChI=1S/C19H20O2/c1-13-7-8-14-9-10-19(20,17(14)12-13)16-6-2-4-15-5-3-11-21-18(15)16/h2,4,6-8,12,20H,3,5,9-11H2,1H3. The van der Waals surface area contributed by atoms with Crippen LogP contribution in [0.2, 0.25) is 0 Å². The van der Waals surface area contributed by atoms with Crippen LogP contribution in [-0.2, 0) is 18.4 Å². The summed E-state index contributed by atoms with van der Waals surface area (Å²) < 4.78 is 5.92. The van der Waals surface area contributed by atoms with Crippen molar-refractivity contribution in [3.63, 3.8) is 0 Å². The third-order valence-corrected chi connectivity index (χ3v) is 4.85. The van der Waals surface area contributed by atoms with E-state index in [9.17, 15) is 5.11 Å². The third kappa shape index (κ3) is 1.90. The van der Waals surface area contributed by atoms with Gasteiger partial charge < -0.3 is 9.84 Å². The molecule has 1 aliphatic carbocycles. The van der Waals surface area contributed by atoms with Gasteiger partial charge in [0, 0.05) is 5.56 Å². The molecular weight excluding hydrogens is 260 g/mol. The van der Waals surface area contributed by atoms with E-state index in [1.54, 1.807) is 0 Å². The zero-order valence-electron chi connectivity index (χ0n) is 12.4. The first-order valence-corrected chi connectivity index (χ1v) is 7.76. The Kier molecular flexibility index (Phi) is 2.83. The molecule has 1 heterocycles. The largest absolute Gasteiger partial charge is 0.493 e. The summed E-state index contributed by atoms with van der Waals surface area (Å²) in [5.41, 5.74) is 4.79. The molecule has 2 nitrogen and oxygen atoms in total. The molecule has 0 radical (unpaired) electrons. The van der Waals surface area contributed by atoms with E-state index in [0.717, 1.165) is 49.2 Å². The van der Waals surface area contributed by atoms with Crippen LogP contribution in [0.15, 0.2) is 36.4 Å². The van der Waals surface area contributed by atoms with Crippen molar-refractivity contribution in [3.05, 3.63) is 64.2 Å². The van der Waals surface area contributed by atoms with Crippen LogP contribution in [0, 0.1) is 6.92 Å². The Morgan fingerprint density at radius 2 is 1.95 bits per heavy atom. The van der Waals surface area contributed by atoms with E-state index in [1.807, 2.05) is 6.07 Å². The van der Waals surface area contributed by atoms with Crippen LogP contribution >= 0.6 is 0 Å². The van der Waals surface area contributed by atoms with Crippen LogP contribution < -0.4 is 4.74 Å². The van der Waals surface area contributed by atoms with E-state index in [0.29, 0.717) is 0 Å².